The zero-order chi connectivity index (χ0) is 13.7. The Kier molecular flexibility index (Phi) is 6.03. The second-order valence-electron chi connectivity index (χ2n) is 4.38. The largest absolute Gasteiger partial charge is 0.480 e. The summed E-state index contributed by atoms with van der Waals surface area (Å²) in [6.45, 7) is 1.15. The monoisotopic (exact) mass is 322 g/mol. The topological polar surface area (TPSA) is 69.6 Å². The zero-order valence-corrected chi connectivity index (χ0v) is 13.0. The first-order chi connectivity index (χ1) is 9.18. The van der Waals surface area contributed by atoms with Crippen molar-refractivity contribution in [1.29, 1.82) is 0 Å². The second-order valence-corrected chi connectivity index (χ2v) is 8.08. The molecule has 2 aliphatic rings. The van der Waals surface area contributed by atoms with Gasteiger partial charge in [0, 0.05) is 47.1 Å². The van der Waals surface area contributed by atoms with E-state index in [1.54, 1.807) is 11.8 Å². The van der Waals surface area contributed by atoms with Crippen molar-refractivity contribution in [3.05, 3.63) is 0 Å². The predicted molar refractivity (Wildman–Crippen MR) is 82.4 cm³/mol. The minimum atomic E-state index is -0.912. The van der Waals surface area contributed by atoms with E-state index < -0.39 is 12.0 Å². The van der Waals surface area contributed by atoms with E-state index in [2.05, 4.69) is 5.32 Å². The number of carboxylic acid groups (broad SMARTS) is 1. The highest BCUT2D eigenvalue weighted by Gasteiger charge is 2.32. The summed E-state index contributed by atoms with van der Waals surface area (Å²) in [7, 11) is 0. The Morgan fingerprint density at radius 1 is 1.21 bits per heavy atom. The van der Waals surface area contributed by atoms with Crippen molar-refractivity contribution in [2.24, 2.45) is 0 Å². The predicted octanol–water partition coefficient (Wildman–Crippen LogP) is 1.05. The van der Waals surface area contributed by atoms with Crippen LogP contribution in [0.3, 0.4) is 0 Å². The number of amides is 2. The summed E-state index contributed by atoms with van der Waals surface area (Å²) in [4.78, 5) is 24.7. The molecule has 2 rings (SSSR count). The molecule has 0 aromatic carbocycles. The molecule has 0 aromatic heterocycles. The van der Waals surface area contributed by atoms with E-state index in [4.69, 9.17) is 5.11 Å². The van der Waals surface area contributed by atoms with Crippen molar-refractivity contribution in [3.8, 4) is 0 Å². The van der Waals surface area contributed by atoms with Gasteiger partial charge < -0.3 is 15.3 Å². The molecule has 0 spiro atoms. The van der Waals surface area contributed by atoms with Crippen LogP contribution in [-0.4, -0.2) is 75.2 Å². The van der Waals surface area contributed by atoms with Gasteiger partial charge in [0.2, 0.25) is 0 Å². The minimum Gasteiger partial charge on any atom is -0.480 e. The normalized spacial score (nSPS) is 27.9. The van der Waals surface area contributed by atoms with Crippen LogP contribution in [0.5, 0.6) is 0 Å². The first-order valence-electron chi connectivity index (χ1n) is 6.23. The van der Waals surface area contributed by atoms with Gasteiger partial charge in [-0.05, 0) is 0 Å². The van der Waals surface area contributed by atoms with Crippen molar-refractivity contribution in [2.75, 3.05) is 41.9 Å². The lowest BCUT2D eigenvalue weighted by molar-refractivity contribution is -0.141. The van der Waals surface area contributed by atoms with Crippen LogP contribution in [0.1, 0.15) is 0 Å². The summed E-state index contributed by atoms with van der Waals surface area (Å²) in [6, 6.07) is -0.920. The molecule has 2 saturated heterocycles. The van der Waals surface area contributed by atoms with Crippen LogP contribution < -0.4 is 5.32 Å². The molecular weight excluding hydrogens is 304 g/mol. The van der Waals surface area contributed by atoms with Crippen LogP contribution in [0.25, 0.3) is 0 Å². The van der Waals surface area contributed by atoms with Crippen LogP contribution in [0.15, 0.2) is 0 Å². The van der Waals surface area contributed by atoms with Gasteiger partial charge in [-0.15, -0.1) is 0 Å². The summed E-state index contributed by atoms with van der Waals surface area (Å²) >= 11 is 5.39. The van der Waals surface area contributed by atoms with Gasteiger partial charge in [0.1, 0.15) is 6.04 Å². The number of aliphatic carboxylic acids is 1. The number of thioether (sulfide) groups is 3. The molecule has 5 nitrogen and oxygen atoms in total. The quantitative estimate of drug-likeness (QED) is 0.809. The Morgan fingerprint density at radius 3 is 2.68 bits per heavy atom. The van der Waals surface area contributed by atoms with Gasteiger partial charge in [-0.25, -0.2) is 9.59 Å². The molecular formula is C11H18N2O3S3. The molecule has 19 heavy (non-hydrogen) atoms. The summed E-state index contributed by atoms with van der Waals surface area (Å²) in [5.74, 6) is 3.75. The third-order valence-electron chi connectivity index (χ3n) is 3.04. The van der Waals surface area contributed by atoms with Crippen molar-refractivity contribution in [1.82, 2.24) is 10.2 Å². The highest BCUT2D eigenvalue weighted by atomic mass is 32.2. The molecule has 2 fully saturated rings. The van der Waals surface area contributed by atoms with Gasteiger partial charge in [-0.1, -0.05) is 0 Å². The minimum absolute atomic E-state index is 0.233. The number of hydrogen-bond donors (Lipinski definition) is 2. The molecule has 0 bridgehead atoms. The third kappa shape index (κ3) is 4.39. The van der Waals surface area contributed by atoms with Gasteiger partial charge in [0.05, 0.1) is 0 Å². The molecule has 2 atom stereocenters. The van der Waals surface area contributed by atoms with E-state index in [9.17, 15) is 9.59 Å². The average Bonchev–Trinajstić information content (AvgIpc) is 2.46. The van der Waals surface area contributed by atoms with Crippen molar-refractivity contribution >= 4 is 47.3 Å². The van der Waals surface area contributed by atoms with Crippen molar-refractivity contribution in [2.45, 2.75) is 11.3 Å². The van der Waals surface area contributed by atoms with Gasteiger partial charge >= 0.3 is 12.0 Å². The maximum atomic E-state index is 12.1. The third-order valence-corrected chi connectivity index (χ3v) is 6.91. The molecule has 2 unspecified atom stereocenters. The highest BCUT2D eigenvalue weighted by molar-refractivity contribution is 8.06. The summed E-state index contributed by atoms with van der Waals surface area (Å²) in [6.07, 6.45) is 0. The van der Waals surface area contributed by atoms with E-state index in [1.807, 2.05) is 23.5 Å². The first-order valence-corrected chi connectivity index (χ1v) is 9.58. The van der Waals surface area contributed by atoms with Crippen molar-refractivity contribution < 1.29 is 14.7 Å². The van der Waals surface area contributed by atoms with E-state index in [0.29, 0.717) is 24.1 Å². The molecule has 8 heteroatoms. The Morgan fingerprint density at radius 2 is 2.00 bits per heavy atom. The van der Waals surface area contributed by atoms with Crippen LogP contribution in [0.4, 0.5) is 4.79 Å². The number of carbonyl (C=O) groups excluding carboxylic acids is 1. The first kappa shape index (κ1) is 15.2. The molecule has 2 heterocycles. The van der Waals surface area contributed by atoms with Crippen LogP contribution in [0, 0.1) is 0 Å². The number of nitrogens with zero attached hydrogens (tertiary/aromatic N) is 1. The SMILES string of the molecule is O=C(O)C1CSCCN1C(=O)NCC1CSCCS1. The Hall–Kier alpha value is -0.210. The molecule has 0 saturated carbocycles. The Bertz CT molecular complexity index is 337. The zero-order valence-electron chi connectivity index (χ0n) is 10.5. The standard InChI is InChI=1S/C11H18N2O3S3/c14-10(15)9-7-17-2-1-13(9)11(16)12-5-8-6-18-3-4-19-8/h8-9H,1-7H2,(H,12,16)(H,14,15). The van der Waals surface area contributed by atoms with Crippen LogP contribution in [-0.2, 0) is 4.79 Å². The maximum Gasteiger partial charge on any atom is 0.327 e. The van der Waals surface area contributed by atoms with E-state index >= 15 is 0 Å². The smallest absolute Gasteiger partial charge is 0.327 e. The van der Waals surface area contributed by atoms with E-state index in [-0.39, 0.29) is 6.03 Å². The summed E-state index contributed by atoms with van der Waals surface area (Å²) < 4.78 is 0. The lowest BCUT2D eigenvalue weighted by atomic mass is 10.3. The van der Waals surface area contributed by atoms with Gasteiger partial charge in [0.25, 0.3) is 0 Å². The number of nitrogens with one attached hydrogen (secondary N) is 1. The Balaban J connectivity index is 1.81. The van der Waals surface area contributed by atoms with Crippen LogP contribution >= 0.6 is 35.3 Å². The molecule has 2 aliphatic heterocycles. The van der Waals surface area contributed by atoms with Gasteiger partial charge in [-0.2, -0.15) is 35.3 Å². The average molecular weight is 322 g/mol. The fourth-order valence-electron chi connectivity index (χ4n) is 2.01. The molecule has 108 valence electrons. The fraction of sp³-hybridized carbons (Fsp3) is 0.818. The van der Waals surface area contributed by atoms with Crippen LogP contribution in [0.2, 0.25) is 0 Å². The van der Waals surface area contributed by atoms with E-state index in [1.165, 1.54) is 10.7 Å². The van der Waals surface area contributed by atoms with Gasteiger partial charge in [0.15, 0.2) is 0 Å². The number of urea groups is 1. The molecule has 0 aliphatic carbocycles. The second kappa shape index (κ2) is 7.54. The van der Waals surface area contributed by atoms with Gasteiger partial charge in [-0.3, -0.25) is 0 Å². The number of carboxylic acids is 1. The number of rotatable bonds is 3. The summed E-state index contributed by atoms with van der Waals surface area (Å²) in [5, 5.41) is 12.5. The lowest BCUT2D eigenvalue weighted by Gasteiger charge is -2.33. The van der Waals surface area contributed by atoms with E-state index in [0.717, 1.165) is 17.3 Å². The summed E-state index contributed by atoms with van der Waals surface area (Å²) in [5.41, 5.74) is 0. The lowest BCUT2D eigenvalue weighted by Crippen LogP contribution is -2.54. The molecule has 2 N–H and O–H groups in total. The number of hydrogen-bond acceptors (Lipinski definition) is 5. The van der Waals surface area contributed by atoms with Crippen molar-refractivity contribution in [3.63, 3.8) is 0 Å². The molecule has 0 aromatic rings. The fourth-order valence-corrected chi connectivity index (χ4v) is 5.66. The highest BCUT2D eigenvalue weighted by Crippen LogP contribution is 2.23. The molecule has 2 amide bonds. The number of carbonyl (C=O) groups is 2. The maximum absolute atomic E-state index is 12.1. The Labute approximate surface area is 125 Å². The molecule has 0 radical (unpaired) electrons.